The number of unbranched alkanes of at least 4 members (excludes halogenated alkanes) is 1. The van der Waals surface area contributed by atoms with Gasteiger partial charge < -0.3 is 31.1 Å². The van der Waals surface area contributed by atoms with E-state index in [9.17, 15) is 24.3 Å². The average Bonchev–Trinajstić information content (AvgIpc) is 2.73. The molecule has 2 atom stereocenters. The van der Waals surface area contributed by atoms with Crippen LogP contribution in [0.15, 0.2) is 18.2 Å². The maximum Gasteiger partial charge on any atom is 0.408 e. The highest BCUT2D eigenvalue weighted by molar-refractivity contribution is 5.93. The molecule has 0 aliphatic rings. The first kappa shape index (κ1) is 31.7. The smallest absolute Gasteiger partial charge is 0.408 e. The van der Waals surface area contributed by atoms with Crippen LogP contribution in [-0.2, 0) is 19.1 Å². The zero-order valence-electron chi connectivity index (χ0n) is 23.4. The first-order valence-corrected chi connectivity index (χ1v) is 12.7. The number of phenols is 1. The van der Waals surface area contributed by atoms with Gasteiger partial charge in [0.1, 0.15) is 23.4 Å². The van der Waals surface area contributed by atoms with E-state index in [1.54, 1.807) is 45.9 Å². The minimum Gasteiger partial charge on any atom is -0.507 e. The van der Waals surface area contributed by atoms with Crippen LogP contribution in [0.4, 0.5) is 4.79 Å². The molecule has 1 aromatic carbocycles. The highest BCUT2D eigenvalue weighted by Crippen LogP contribution is 2.33. The molecule has 0 heterocycles. The lowest BCUT2D eigenvalue weighted by Gasteiger charge is -2.36. The van der Waals surface area contributed by atoms with Crippen LogP contribution in [0.2, 0.25) is 0 Å². The topological polar surface area (TPSA) is 151 Å². The fourth-order valence-electron chi connectivity index (χ4n) is 3.68. The molecule has 0 aromatic heterocycles. The number of rotatable bonds is 11. The molecule has 0 aliphatic heterocycles. The van der Waals surface area contributed by atoms with Gasteiger partial charge in [-0.3, -0.25) is 14.4 Å². The lowest BCUT2D eigenvalue weighted by Crippen LogP contribution is -2.55. The second-order valence-electron chi connectivity index (χ2n) is 11.2. The van der Waals surface area contributed by atoms with E-state index >= 15 is 0 Å². The van der Waals surface area contributed by atoms with Gasteiger partial charge >= 0.3 is 6.09 Å². The summed E-state index contributed by atoms with van der Waals surface area (Å²) < 4.78 is 5.32. The summed E-state index contributed by atoms with van der Waals surface area (Å²) in [6.07, 6.45) is 0.209. The van der Waals surface area contributed by atoms with Crippen LogP contribution >= 0.6 is 0 Å². The Kier molecular flexibility index (Phi) is 11.4. The quantitative estimate of drug-likeness (QED) is 0.351. The standard InChI is InChI=1S/C27H44N4O6/c1-9-10-16-31(24(35)19(14-15-20(28)32)29-25(36)37-27(6,7)8)21(23(34)30-26(3,4)5)18-13-11-12-17(2)22(18)33/h11-13,19,21,33H,9-10,14-16H2,1-8H3,(H2,28,32)(H,29,36)(H,30,34). The first-order valence-electron chi connectivity index (χ1n) is 12.7. The Hall–Kier alpha value is -3.30. The average molecular weight is 521 g/mol. The van der Waals surface area contributed by atoms with Crippen molar-refractivity contribution < 1.29 is 29.0 Å². The lowest BCUT2D eigenvalue weighted by molar-refractivity contribution is -0.143. The Bertz CT molecular complexity index is 965. The Labute approximate surface area is 220 Å². The largest absolute Gasteiger partial charge is 0.507 e. The van der Waals surface area contributed by atoms with Gasteiger partial charge in [-0.25, -0.2) is 4.79 Å². The number of carbonyl (C=O) groups is 4. The Morgan fingerprint density at radius 1 is 1.11 bits per heavy atom. The van der Waals surface area contributed by atoms with Gasteiger partial charge in [-0.15, -0.1) is 0 Å². The molecule has 37 heavy (non-hydrogen) atoms. The molecule has 0 saturated heterocycles. The van der Waals surface area contributed by atoms with E-state index in [1.807, 2.05) is 27.7 Å². The van der Waals surface area contributed by atoms with Crippen molar-refractivity contribution in [3.8, 4) is 5.75 Å². The molecular formula is C27H44N4O6. The molecule has 0 saturated carbocycles. The molecule has 0 bridgehead atoms. The zero-order valence-corrected chi connectivity index (χ0v) is 23.4. The second kappa shape index (κ2) is 13.3. The number of hydrogen-bond acceptors (Lipinski definition) is 6. The molecule has 2 unspecified atom stereocenters. The van der Waals surface area contributed by atoms with Gasteiger partial charge in [0.15, 0.2) is 0 Å². The number of nitrogens with one attached hydrogen (secondary N) is 2. The summed E-state index contributed by atoms with van der Waals surface area (Å²) in [5.74, 6) is -1.80. The number of nitrogens with zero attached hydrogens (tertiary/aromatic N) is 1. The predicted molar refractivity (Wildman–Crippen MR) is 142 cm³/mol. The van der Waals surface area contributed by atoms with Gasteiger partial charge in [0.05, 0.1) is 0 Å². The summed E-state index contributed by atoms with van der Waals surface area (Å²) in [6, 6.07) is 2.63. The van der Waals surface area contributed by atoms with Crippen LogP contribution in [-0.4, -0.2) is 57.5 Å². The monoisotopic (exact) mass is 520 g/mol. The number of primary amides is 1. The van der Waals surface area contributed by atoms with Crippen LogP contribution in [0.1, 0.15) is 91.3 Å². The van der Waals surface area contributed by atoms with Crippen molar-refractivity contribution in [2.75, 3.05) is 6.54 Å². The van der Waals surface area contributed by atoms with Crippen molar-refractivity contribution in [3.63, 3.8) is 0 Å². The van der Waals surface area contributed by atoms with Crippen LogP contribution < -0.4 is 16.4 Å². The molecule has 0 fully saturated rings. The van der Waals surface area contributed by atoms with Crippen LogP contribution in [0.25, 0.3) is 0 Å². The Morgan fingerprint density at radius 2 is 1.73 bits per heavy atom. The number of hydrogen-bond donors (Lipinski definition) is 4. The molecule has 0 spiro atoms. The maximum atomic E-state index is 14.0. The fraction of sp³-hybridized carbons (Fsp3) is 0.630. The Morgan fingerprint density at radius 3 is 2.24 bits per heavy atom. The molecule has 208 valence electrons. The summed E-state index contributed by atoms with van der Waals surface area (Å²) in [5.41, 5.74) is 4.71. The normalized spacial score (nSPS) is 13.3. The van der Waals surface area contributed by atoms with Gasteiger partial charge in [-0.1, -0.05) is 31.5 Å². The number of carbonyl (C=O) groups excluding carboxylic acids is 4. The lowest BCUT2D eigenvalue weighted by atomic mass is 9.97. The van der Waals surface area contributed by atoms with Gasteiger partial charge in [0, 0.05) is 24.1 Å². The van der Waals surface area contributed by atoms with Gasteiger partial charge in [-0.05, 0) is 66.9 Å². The van der Waals surface area contributed by atoms with E-state index in [4.69, 9.17) is 10.5 Å². The second-order valence-corrected chi connectivity index (χ2v) is 11.2. The molecule has 1 rings (SSSR count). The van der Waals surface area contributed by atoms with Gasteiger partial charge in [0.25, 0.3) is 0 Å². The summed E-state index contributed by atoms with van der Waals surface area (Å²) in [5, 5.41) is 16.3. The zero-order chi connectivity index (χ0) is 28.6. The number of amides is 4. The third-order valence-electron chi connectivity index (χ3n) is 5.33. The third-order valence-corrected chi connectivity index (χ3v) is 5.33. The van der Waals surface area contributed by atoms with Crippen LogP contribution in [0, 0.1) is 6.92 Å². The molecule has 10 heteroatoms. The summed E-state index contributed by atoms with van der Waals surface area (Å²) in [7, 11) is 0. The molecule has 5 N–H and O–H groups in total. The number of nitrogens with two attached hydrogens (primary N) is 1. The Balaban J connectivity index is 3.60. The van der Waals surface area contributed by atoms with E-state index in [0.29, 0.717) is 12.0 Å². The van der Waals surface area contributed by atoms with Crippen LogP contribution in [0.5, 0.6) is 5.75 Å². The minimum atomic E-state index is -1.19. The minimum absolute atomic E-state index is 0.0799. The summed E-state index contributed by atoms with van der Waals surface area (Å²) in [6.45, 7) is 14.3. The molecular weight excluding hydrogens is 476 g/mol. The van der Waals surface area contributed by atoms with Gasteiger partial charge in [-0.2, -0.15) is 0 Å². The number of para-hydroxylation sites is 1. The fourth-order valence-corrected chi connectivity index (χ4v) is 3.68. The number of alkyl carbamates (subject to hydrolysis) is 1. The van der Waals surface area contributed by atoms with E-state index in [-0.39, 0.29) is 30.7 Å². The number of phenolic OH excluding ortho intramolecular Hbond substituents is 1. The van der Waals surface area contributed by atoms with Crippen molar-refractivity contribution in [1.82, 2.24) is 15.5 Å². The number of aromatic hydroxyl groups is 1. The van der Waals surface area contributed by atoms with Crippen LogP contribution in [0.3, 0.4) is 0 Å². The highest BCUT2D eigenvalue weighted by atomic mass is 16.6. The van der Waals surface area contributed by atoms with E-state index < -0.39 is 47.0 Å². The third kappa shape index (κ3) is 10.7. The molecule has 10 nitrogen and oxygen atoms in total. The van der Waals surface area contributed by atoms with E-state index in [2.05, 4.69) is 10.6 Å². The van der Waals surface area contributed by atoms with Crippen molar-refractivity contribution in [2.45, 2.75) is 104 Å². The molecule has 1 aromatic rings. The molecule has 0 radical (unpaired) electrons. The summed E-state index contributed by atoms with van der Waals surface area (Å²) >= 11 is 0. The molecule has 4 amide bonds. The number of ether oxygens (including phenoxy) is 1. The van der Waals surface area contributed by atoms with Crippen molar-refractivity contribution >= 4 is 23.8 Å². The van der Waals surface area contributed by atoms with Gasteiger partial charge in [0.2, 0.25) is 17.7 Å². The predicted octanol–water partition coefficient (Wildman–Crippen LogP) is 3.44. The van der Waals surface area contributed by atoms with Crippen molar-refractivity contribution in [1.29, 1.82) is 0 Å². The SMILES string of the molecule is CCCCN(C(=O)C(CCC(N)=O)NC(=O)OC(C)(C)C)C(C(=O)NC(C)(C)C)c1cccc(C)c1O. The maximum absolute atomic E-state index is 14.0. The van der Waals surface area contributed by atoms with Crippen molar-refractivity contribution in [3.05, 3.63) is 29.3 Å². The van der Waals surface area contributed by atoms with Crippen molar-refractivity contribution in [2.24, 2.45) is 5.73 Å². The number of benzene rings is 1. The molecule has 0 aliphatic carbocycles. The number of aryl methyl sites for hydroxylation is 1. The van der Waals surface area contributed by atoms with E-state index in [0.717, 1.165) is 6.42 Å². The summed E-state index contributed by atoms with van der Waals surface area (Å²) in [4.78, 5) is 53.1. The first-order chi connectivity index (χ1) is 17.0. The highest BCUT2D eigenvalue weighted by Gasteiger charge is 2.38. The van der Waals surface area contributed by atoms with E-state index in [1.165, 1.54) is 4.90 Å².